The van der Waals surface area contributed by atoms with E-state index in [0.717, 1.165) is 47.5 Å². The minimum Gasteiger partial charge on any atom is -0.465 e. The Balaban J connectivity index is 2.10. The molecule has 0 spiro atoms. The molecule has 1 unspecified atom stereocenters. The monoisotopic (exact) mass is 555 g/mol. The maximum absolute atomic E-state index is 13.8. The molecule has 0 amide bonds. The van der Waals surface area contributed by atoms with E-state index < -0.39 is 10.6 Å². The molecule has 1 atom stereocenters. The fourth-order valence-electron chi connectivity index (χ4n) is 4.73. The molecule has 2 N–H and O–H groups in total. The van der Waals surface area contributed by atoms with E-state index in [1.54, 1.807) is 30.8 Å². The highest BCUT2D eigenvalue weighted by Crippen LogP contribution is 2.61. The predicted octanol–water partition coefficient (Wildman–Crippen LogP) is 8.19. The molecule has 0 saturated heterocycles. The Morgan fingerprint density at radius 2 is 1.92 bits per heavy atom. The van der Waals surface area contributed by atoms with Crippen LogP contribution in [0.4, 0.5) is 15.8 Å². The number of fused-ring (bicyclic) bond motifs is 1. The van der Waals surface area contributed by atoms with Gasteiger partial charge >= 0.3 is 5.97 Å². The van der Waals surface area contributed by atoms with Crippen LogP contribution in [0.15, 0.2) is 46.2 Å². The lowest BCUT2D eigenvalue weighted by molar-refractivity contribution is -0.139. The van der Waals surface area contributed by atoms with Gasteiger partial charge in [0, 0.05) is 34.0 Å². The van der Waals surface area contributed by atoms with E-state index in [9.17, 15) is 18.3 Å². The van der Waals surface area contributed by atoms with Crippen LogP contribution in [-0.2, 0) is 15.3 Å². The summed E-state index contributed by atoms with van der Waals surface area (Å²) in [5, 5.41) is 0. The van der Waals surface area contributed by atoms with Crippen LogP contribution in [0.5, 0.6) is 0 Å². The van der Waals surface area contributed by atoms with Gasteiger partial charge in [0.05, 0.1) is 22.9 Å². The van der Waals surface area contributed by atoms with E-state index in [1.165, 1.54) is 23.9 Å². The van der Waals surface area contributed by atoms with Crippen molar-refractivity contribution in [1.82, 2.24) is 0 Å². The van der Waals surface area contributed by atoms with Gasteiger partial charge in [0.25, 0.3) is 0 Å². The summed E-state index contributed by atoms with van der Waals surface area (Å²) in [4.78, 5) is 15.5. The molecule has 0 radical (unpaired) electrons. The standard InChI is InChI=1S/C27H38FNO4S3/c1-5-8-13-27(6-2)18-29(22-11-9-21(28)10-12-22)23-15-24(34-4)20(14-25(23)36(31,32)19-27)16-35-17-26(30)33-7-3/h9-12,14-15,31-32H,5-8,13,16-19H2,1-4H3. The van der Waals surface area contributed by atoms with Crippen molar-refractivity contribution in [2.45, 2.75) is 62.0 Å². The lowest BCUT2D eigenvalue weighted by Crippen LogP contribution is -2.37. The number of hydrogen-bond donors (Lipinski definition) is 2. The van der Waals surface area contributed by atoms with Crippen molar-refractivity contribution in [3.05, 3.63) is 47.8 Å². The smallest absolute Gasteiger partial charge is 0.315 e. The average molecular weight is 556 g/mol. The summed E-state index contributed by atoms with van der Waals surface area (Å²) in [7, 11) is -3.10. The molecular weight excluding hydrogens is 517 g/mol. The molecule has 3 rings (SSSR count). The van der Waals surface area contributed by atoms with Crippen LogP contribution in [-0.4, -0.2) is 46.0 Å². The van der Waals surface area contributed by atoms with Gasteiger partial charge in [-0.2, -0.15) is 10.6 Å². The summed E-state index contributed by atoms with van der Waals surface area (Å²) >= 11 is 3.05. The summed E-state index contributed by atoms with van der Waals surface area (Å²) in [6.45, 7) is 7.04. The van der Waals surface area contributed by atoms with Crippen LogP contribution in [0, 0.1) is 11.2 Å². The molecule has 200 valence electrons. The van der Waals surface area contributed by atoms with Gasteiger partial charge in [0.2, 0.25) is 0 Å². The van der Waals surface area contributed by atoms with Gasteiger partial charge in [-0.1, -0.05) is 26.7 Å². The van der Waals surface area contributed by atoms with Crippen LogP contribution in [0.25, 0.3) is 0 Å². The van der Waals surface area contributed by atoms with Crippen molar-refractivity contribution in [1.29, 1.82) is 0 Å². The third-order valence-electron chi connectivity index (χ3n) is 6.74. The highest BCUT2D eigenvalue weighted by atomic mass is 32.3. The quantitative estimate of drug-likeness (QED) is 0.214. The molecule has 9 heteroatoms. The van der Waals surface area contributed by atoms with Crippen LogP contribution >= 0.6 is 34.1 Å². The largest absolute Gasteiger partial charge is 0.465 e. The zero-order chi connectivity index (χ0) is 26.3. The molecule has 2 aromatic rings. The van der Waals surface area contributed by atoms with Crippen LogP contribution < -0.4 is 4.90 Å². The number of carbonyl (C=O) groups is 1. The summed E-state index contributed by atoms with van der Waals surface area (Å²) in [5.41, 5.74) is 2.27. The van der Waals surface area contributed by atoms with Gasteiger partial charge in [-0.15, -0.1) is 23.5 Å². The summed E-state index contributed by atoms with van der Waals surface area (Å²) < 4.78 is 42.1. The molecule has 0 bridgehead atoms. The highest BCUT2D eigenvalue weighted by Gasteiger charge is 2.41. The van der Waals surface area contributed by atoms with E-state index in [1.807, 2.05) is 18.4 Å². The number of thioether (sulfide) groups is 2. The van der Waals surface area contributed by atoms with Crippen LogP contribution in [0.2, 0.25) is 0 Å². The molecule has 0 aliphatic carbocycles. The van der Waals surface area contributed by atoms with Crippen LogP contribution in [0.1, 0.15) is 52.0 Å². The van der Waals surface area contributed by atoms with E-state index in [-0.39, 0.29) is 23.0 Å². The number of nitrogens with zero attached hydrogens (tertiary/aromatic N) is 1. The van der Waals surface area contributed by atoms with Gasteiger partial charge in [0.15, 0.2) is 0 Å². The first kappa shape index (κ1) is 29.2. The fraction of sp³-hybridized carbons (Fsp3) is 0.519. The topological polar surface area (TPSA) is 70.0 Å². The number of carbonyl (C=O) groups excluding carboxylic acids is 1. The van der Waals surface area contributed by atoms with E-state index in [4.69, 9.17) is 4.74 Å². The molecule has 5 nitrogen and oxygen atoms in total. The van der Waals surface area contributed by atoms with Crippen molar-refractivity contribution in [2.75, 3.05) is 35.8 Å². The number of anilines is 2. The van der Waals surface area contributed by atoms with Gasteiger partial charge in [-0.05, 0) is 68.0 Å². The molecule has 0 saturated carbocycles. The Kier molecular flexibility index (Phi) is 10.5. The maximum atomic E-state index is 13.8. The normalized spacial score (nSPS) is 19.9. The molecule has 0 fully saturated rings. The van der Waals surface area contributed by atoms with Crippen molar-refractivity contribution in [3.8, 4) is 0 Å². The summed E-state index contributed by atoms with van der Waals surface area (Å²) in [5.74, 6) is 0.549. The fourth-order valence-corrected chi connectivity index (χ4v) is 8.54. The van der Waals surface area contributed by atoms with E-state index in [0.29, 0.717) is 29.6 Å². The Morgan fingerprint density at radius 1 is 1.19 bits per heavy atom. The summed E-state index contributed by atoms with van der Waals surface area (Å²) in [6.07, 6.45) is 5.73. The third kappa shape index (κ3) is 6.92. The number of unbranched alkanes of at least 4 members (excludes halogenated alkanes) is 1. The zero-order valence-electron chi connectivity index (χ0n) is 21.6. The maximum Gasteiger partial charge on any atom is 0.315 e. The zero-order valence-corrected chi connectivity index (χ0v) is 24.0. The van der Waals surface area contributed by atoms with Crippen molar-refractivity contribution >= 4 is 51.5 Å². The van der Waals surface area contributed by atoms with Crippen molar-refractivity contribution in [3.63, 3.8) is 0 Å². The first-order chi connectivity index (χ1) is 17.2. The van der Waals surface area contributed by atoms with Gasteiger partial charge in [-0.25, -0.2) is 4.39 Å². The minimum atomic E-state index is -3.10. The molecule has 1 aliphatic rings. The van der Waals surface area contributed by atoms with Gasteiger partial charge in [0.1, 0.15) is 5.82 Å². The van der Waals surface area contributed by atoms with Crippen molar-refractivity contribution < 1.29 is 23.0 Å². The Morgan fingerprint density at radius 3 is 2.53 bits per heavy atom. The molecular formula is C27H38FNO4S3. The molecule has 1 heterocycles. The lowest BCUT2D eigenvalue weighted by atomic mass is 9.81. The Bertz CT molecular complexity index is 1030. The van der Waals surface area contributed by atoms with Crippen LogP contribution in [0.3, 0.4) is 0 Å². The number of ether oxygens (including phenoxy) is 1. The van der Waals surface area contributed by atoms with E-state index in [2.05, 4.69) is 18.7 Å². The number of rotatable bonds is 11. The van der Waals surface area contributed by atoms with E-state index >= 15 is 0 Å². The number of halogens is 1. The average Bonchev–Trinajstić information content (AvgIpc) is 2.95. The molecule has 36 heavy (non-hydrogen) atoms. The Labute approximate surface area is 224 Å². The lowest BCUT2D eigenvalue weighted by Gasteiger charge is -2.41. The third-order valence-corrected chi connectivity index (χ3v) is 10.6. The predicted molar refractivity (Wildman–Crippen MR) is 153 cm³/mol. The first-order valence-electron chi connectivity index (χ1n) is 12.4. The minimum absolute atomic E-state index is 0.243. The SMILES string of the molecule is CCCCC1(CC)CN(c2ccc(F)cc2)c2cc(SC)c(CSCC(=O)OCC)cc2S(O)(O)C1. The second kappa shape index (κ2) is 12.9. The Hall–Kier alpha value is -1.39. The number of esters is 1. The first-order valence-corrected chi connectivity index (χ1v) is 16.5. The number of benzene rings is 2. The van der Waals surface area contributed by atoms with Gasteiger partial charge in [-0.3, -0.25) is 13.9 Å². The second-order valence-electron chi connectivity index (χ2n) is 9.26. The number of hydrogen-bond acceptors (Lipinski definition) is 7. The molecule has 2 aromatic carbocycles. The second-order valence-corrected chi connectivity index (χ2v) is 13.2. The molecule has 0 aromatic heterocycles. The van der Waals surface area contributed by atoms with Gasteiger partial charge < -0.3 is 9.64 Å². The highest BCUT2D eigenvalue weighted by molar-refractivity contribution is 8.24. The molecule has 1 aliphatic heterocycles. The van der Waals surface area contributed by atoms with Crippen molar-refractivity contribution in [2.24, 2.45) is 5.41 Å². The summed E-state index contributed by atoms with van der Waals surface area (Å²) in [6, 6.07) is 10.4.